The Balaban J connectivity index is 1.79. The zero-order valence-corrected chi connectivity index (χ0v) is 12.0. The van der Waals surface area contributed by atoms with Crippen molar-refractivity contribution < 1.29 is 24.2 Å². The Morgan fingerprint density at radius 1 is 1.09 bits per heavy atom. The maximum atomic E-state index is 12.5. The van der Waals surface area contributed by atoms with Crippen LogP contribution in [0, 0.1) is 11.8 Å². The van der Waals surface area contributed by atoms with Crippen molar-refractivity contribution in [1.29, 1.82) is 0 Å². The summed E-state index contributed by atoms with van der Waals surface area (Å²) in [4.78, 5) is 23.8. The van der Waals surface area contributed by atoms with Gasteiger partial charge >= 0.3 is 5.97 Å². The maximum Gasteiger partial charge on any atom is 0.307 e. The van der Waals surface area contributed by atoms with E-state index in [0.29, 0.717) is 43.2 Å². The van der Waals surface area contributed by atoms with Crippen LogP contribution in [0.5, 0.6) is 11.5 Å². The van der Waals surface area contributed by atoms with Crippen LogP contribution < -0.4 is 14.8 Å². The first-order valence-corrected chi connectivity index (χ1v) is 7.24. The summed E-state index contributed by atoms with van der Waals surface area (Å²) < 4.78 is 11.0. The average molecular weight is 303 g/mol. The first kappa shape index (κ1) is 14.4. The van der Waals surface area contributed by atoms with Gasteiger partial charge in [-0.2, -0.15) is 0 Å². The third kappa shape index (κ3) is 2.77. The number of hydrogen-bond acceptors (Lipinski definition) is 4. The standard InChI is InChI=1S/C16H17NO5/c18-15(10-4-1-2-5-11(10)16(19)20)17-12-6-3-7-13-14(12)22-9-8-21-13/h1-3,6-7,10-11H,4-5,8-9H2,(H,17,18)(H,19,20)/t10-,11+/m1/s1. The molecular weight excluding hydrogens is 286 g/mol. The van der Waals surface area contributed by atoms with E-state index in [9.17, 15) is 14.7 Å². The number of carbonyl (C=O) groups excluding carboxylic acids is 1. The zero-order chi connectivity index (χ0) is 15.5. The second-order valence-corrected chi connectivity index (χ2v) is 5.31. The molecule has 6 nitrogen and oxygen atoms in total. The molecule has 0 bridgehead atoms. The molecule has 2 N–H and O–H groups in total. The van der Waals surface area contributed by atoms with Gasteiger partial charge in [0.05, 0.1) is 17.5 Å². The number of benzene rings is 1. The molecule has 116 valence electrons. The lowest BCUT2D eigenvalue weighted by molar-refractivity contribution is -0.146. The molecule has 6 heteroatoms. The summed E-state index contributed by atoms with van der Waals surface area (Å²) in [6.45, 7) is 0.892. The second kappa shape index (κ2) is 6.09. The van der Waals surface area contributed by atoms with Crippen LogP contribution in [-0.2, 0) is 9.59 Å². The van der Waals surface area contributed by atoms with Crippen molar-refractivity contribution >= 4 is 17.6 Å². The first-order chi connectivity index (χ1) is 10.7. The van der Waals surface area contributed by atoms with E-state index in [1.807, 2.05) is 12.2 Å². The van der Waals surface area contributed by atoms with Crippen molar-refractivity contribution in [2.45, 2.75) is 12.8 Å². The van der Waals surface area contributed by atoms with Gasteiger partial charge in [-0.3, -0.25) is 9.59 Å². The molecule has 1 aliphatic carbocycles. The van der Waals surface area contributed by atoms with Gasteiger partial charge in [0, 0.05) is 0 Å². The number of carbonyl (C=O) groups is 2. The monoisotopic (exact) mass is 303 g/mol. The first-order valence-electron chi connectivity index (χ1n) is 7.24. The number of hydrogen-bond donors (Lipinski definition) is 2. The molecule has 0 unspecified atom stereocenters. The van der Waals surface area contributed by atoms with Crippen LogP contribution >= 0.6 is 0 Å². The Morgan fingerprint density at radius 3 is 2.59 bits per heavy atom. The summed E-state index contributed by atoms with van der Waals surface area (Å²) >= 11 is 0. The minimum atomic E-state index is -0.945. The van der Waals surface area contributed by atoms with E-state index in [4.69, 9.17) is 9.47 Å². The van der Waals surface area contributed by atoms with Gasteiger partial charge in [0.1, 0.15) is 13.2 Å². The SMILES string of the molecule is O=C(O)[C@H]1CC=CC[C@H]1C(=O)Nc1cccc2c1OCCO2. The Labute approximate surface area is 127 Å². The fourth-order valence-electron chi connectivity index (χ4n) is 2.77. The quantitative estimate of drug-likeness (QED) is 0.835. The number of carboxylic acids is 1. The Hall–Kier alpha value is -2.50. The number of aliphatic carboxylic acids is 1. The van der Waals surface area contributed by atoms with E-state index in [0.717, 1.165) is 0 Å². The van der Waals surface area contributed by atoms with Gasteiger partial charge in [-0.15, -0.1) is 0 Å². The predicted molar refractivity (Wildman–Crippen MR) is 79.1 cm³/mol. The van der Waals surface area contributed by atoms with E-state index < -0.39 is 17.8 Å². The summed E-state index contributed by atoms with van der Waals surface area (Å²) in [5.74, 6) is -1.44. The summed E-state index contributed by atoms with van der Waals surface area (Å²) in [7, 11) is 0. The number of carboxylic acid groups (broad SMARTS) is 1. The molecule has 0 aromatic heterocycles. The van der Waals surface area contributed by atoms with Crippen LogP contribution in [0.25, 0.3) is 0 Å². The predicted octanol–water partition coefficient (Wildman–Crippen LogP) is 2.06. The van der Waals surface area contributed by atoms with Crippen LogP contribution in [0.4, 0.5) is 5.69 Å². The van der Waals surface area contributed by atoms with Crippen LogP contribution in [0.3, 0.4) is 0 Å². The molecule has 1 aromatic rings. The van der Waals surface area contributed by atoms with E-state index in [-0.39, 0.29) is 5.91 Å². The van der Waals surface area contributed by atoms with E-state index >= 15 is 0 Å². The highest BCUT2D eigenvalue weighted by Crippen LogP contribution is 2.38. The number of fused-ring (bicyclic) bond motifs is 1. The molecule has 22 heavy (non-hydrogen) atoms. The van der Waals surface area contributed by atoms with Crippen molar-refractivity contribution in [2.75, 3.05) is 18.5 Å². The van der Waals surface area contributed by atoms with Crippen molar-refractivity contribution in [3.63, 3.8) is 0 Å². The van der Waals surface area contributed by atoms with Gasteiger partial charge < -0.3 is 19.9 Å². The molecule has 0 saturated carbocycles. The highest BCUT2D eigenvalue weighted by Gasteiger charge is 2.34. The topological polar surface area (TPSA) is 84.9 Å². The minimum Gasteiger partial charge on any atom is -0.486 e. The molecule has 0 saturated heterocycles. The summed E-state index contributed by atoms with van der Waals surface area (Å²) in [5.41, 5.74) is 0.515. The van der Waals surface area contributed by atoms with E-state index in [2.05, 4.69) is 5.32 Å². The van der Waals surface area contributed by atoms with Crippen molar-refractivity contribution in [1.82, 2.24) is 0 Å². The number of allylic oxidation sites excluding steroid dienone is 2. The molecule has 1 aliphatic heterocycles. The number of rotatable bonds is 3. The largest absolute Gasteiger partial charge is 0.486 e. The second-order valence-electron chi connectivity index (χ2n) is 5.31. The molecule has 2 aliphatic rings. The molecule has 3 rings (SSSR count). The molecule has 0 radical (unpaired) electrons. The fraction of sp³-hybridized carbons (Fsp3) is 0.375. The fourth-order valence-corrected chi connectivity index (χ4v) is 2.77. The van der Waals surface area contributed by atoms with Gasteiger partial charge in [0.2, 0.25) is 5.91 Å². The molecular formula is C16H17NO5. The van der Waals surface area contributed by atoms with Gasteiger partial charge in [-0.25, -0.2) is 0 Å². The smallest absolute Gasteiger partial charge is 0.307 e. The third-order valence-corrected chi connectivity index (χ3v) is 3.91. The molecule has 0 spiro atoms. The Morgan fingerprint density at radius 2 is 1.82 bits per heavy atom. The number of anilines is 1. The number of ether oxygens (including phenoxy) is 2. The Kier molecular flexibility index (Phi) is 4.00. The molecule has 1 aromatic carbocycles. The van der Waals surface area contributed by atoms with Gasteiger partial charge in [0.25, 0.3) is 0 Å². The van der Waals surface area contributed by atoms with Gasteiger partial charge in [0.15, 0.2) is 11.5 Å². The highest BCUT2D eigenvalue weighted by molar-refractivity contribution is 5.97. The number of para-hydroxylation sites is 1. The summed E-state index contributed by atoms with van der Waals surface area (Å²) in [5, 5.41) is 12.0. The average Bonchev–Trinajstić information content (AvgIpc) is 2.55. The number of nitrogens with one attached hydrogen (secondary N) is 1. The summed E-state index contributed by atoms with van der Waals surface area (Å²) in [6.07, 6.45) is 4.46. The van der Waals surface area contributed by atoms with Crippen molar-refractivity contribution in [3.05, 3.63) is 30.4 Å². The lowest BCUT2D eigenvalue weighted by atomic mass is 9.82. The Bertz CT molecular complexity index is 625. The van der Waals surface area contributed by atoms with Crippen LogP contribution in [-0.4, -0.2) is 30.2 Å². The van der Waals surface area contributed by atoms with Gasteiger partial charge in [-0.05, 0) is 25.0 Å². The molecule has 0 fully saturated rings. The molecule has 1 heterocycles. The normalized spacial score (nSPS) is 22.9. The molecule has 1 amide bonds. The van der Waals surface area contributed by atoms with Crippen molar-refractivity contribution in [2.24, 2.45) is 11.8 Å². The van der Waals surface area contributed by atoms with E-state index in [1.165, 1.54) is 0 Å². The third-order valence-electron chi connectivity index (χ3n) is 3.91. The van der Waals surface area contributed by atoms with Crippen LogP contribution in [0.1, 0.15) is 12.8 Å². The zero-order valence-electron chi connectivity index (χ0n) is 12.0. The minimum absolute atomic E-state index is 0.306. The van der Waals surface area contributed by atoms with Crippen LogP contribution in [0.15, 0.2) is 30.4 Å². The van der Waals surface area contributed by atoms with E-state index in [1.54, 1.807) is 18.2 Å². The summed E-state index contributed by atoms with van der Waals surface area (Å²) in [6, 6.07) is 5.26. The van der Waals surface area contributed by atoms with Crippen LogP contribution in [0.2, 0.25) is 0 Å². The van der Waals surface area contributed by atoms with Crippen molar-refractivity contribution in [3.8, 4) is 11.5 Å². The highest BCUT2D eigenvalue weighted by atomic mass is 16.6. The molecule has 2 atom stereocenters. The number of amides is 1. The van der Waals surface area contributed by atoms with Gasteiger partial charge in [-0.1, -0.05) is 18.2 Å². The lowest BCUT2D eigenvalue weighted by Gasteiger charge is -2.26. The maximum absolute atomic E-state index is 12.5. The lowest BCUT2D eigenvalue weighted by Crippen LogP contribution is -2.35.